The number of aliphatic carboxylic acids is 1. The van der Waals surface area contributed by atoms with Gasteiger partial charge in [-0.3, -0.25) is 14.4 Å². The van der Waals surface area contributed by atoms with Gasteiger partial charge < -0.3 is 19.6 Å². The van der Waals surface area contributed by atoms with Gasteiger partial charge in [0, 0.05) is 39.1 Å². The van der Waals surface area contributed by atoms with Gasteiger partial charge in [0.25, 0.3) is 0 Å². The fourth-order valence-corrected chi connectivity index (χ4v) is 3.76. The Balaban J connectivity index is 1.81. The second kappa shape index (κ2) is 9.75. The quantitative estimate of drug-likeness (QED) is 0.784. The molecule has 0 saturated carbocycles. The van der Waals surface area contributed by atoms with Crippen molar-refractivity contribution in [1.82, 2.24) is 9.80 Å². The lowest BCUT2D eigenvalue weighted by atomic mass is 10.0. The first-order valence-corrected chi connectivity index (χ1v) is 9.35. The van der Waals surface area contributed by atoms with Crippen LogP contribution >= 0.6 is 0 Å². The maximum absolute atomic E-state index is 12.5. The van der Waals surface area contributed by atoms with Crippen LogP contribution in [0.5, 0.6) is 0 Å². The van der Waals surface area contributed by atoms with Gasteiger partial charge in [-0.05, 0) is 44.9 Å². The second-order valence-corrected chi connectivity index (χ2v) is 7.03. The van der Waals surface area contributed by atoms with E-state index >= 15 is 0 Å². The highest BCUT2D eigenvalue weighted by molar-refractivity contribution is 5.80. The molecule has 2 fully saturated rings. The van der Waals surface area contributed by atoms with Crippen molar-refractivity contribution >= 4 is 17.8 Å². The SMILES string of the molecule is CC(=O)N(CC(=O)O)[C@H]1CCCN(C(=O)CC[C@H]2CCCCO2)CC1. The maximum atomic E-state index is 12.5. The topological polar surface area (TPSA) is 87.2 Å². The van der Waals surface area contributed by atoms with Gasteiger partial charge in [-0.15, -0.1) is 0 Å². The lowest BCUT2D eigenvalue weighted by Crippen LogP contribution is -2.43. The summed E-state index contributed by atoms with van der Waals surface area (Å²) in [4.78, 5) is 38.5. The van der Waals surface area contributed by atoms with Crippen molar-refractivity contribution < 1.29 is 24.2 Å². The molecule has 2 aliphatic rings. The molecule has 0 aliphatic carbocycles. The fraction of sp³-hybridized carbons (Fsp3) is 0.833. The maximum Gasteiger partial charge on any atom is 0.323 e. The van der Waals surface area contributed by atoms with E-state index in [1.54, 1.807) is 0 Å². The molecule has 142 valence electrons. The van der Waals surface area contributed by atoms with Crippen LogP contribution in [0.15, 0.2) is 0 Å². The highest BCUT2D eigenvalue weighted by Gasteiger charge is 2.27. The van der Waals surface area contributed by atoms with Gasteiger partial charge in [0.15, 0.2) is 0 Å². The van der Waals surface area contributed by atoms with E-state index in [4.69, 9.17) is 9.84 Å². The molecule has 2 amide bonds. The Morgan fingerprint density at radius 3 is 2.56 bits per heavy atom. The highest BCUT2D eigenvalue weighted by atomic mass is 16.5. The van der Waals surface area contributed by atoms with Gasteiger partial charge in [-0.2, -0.15) is 0 Å². The van der Waals surface area contributed by atoms with Gasteiger partial charge in [0.05, 0.1) is 6.10 Å². The third-order valence-corrected chi connectivity index (χ3v) is 5.16. The Kier molecular flexibility index (Phi) is 7.68. The minimum atomic E-state index is -1.00. The predicted octanol–water partition coefficient (Wildman–Crippen LogP) is 1.65. The Morgan fingerprint density at radius 2 is 1.92 bits per heavy atom. The van der Waals surface area contributed by atoms with Crippen molar-refractivity contribution in [3.8, 4) is 0 Å². The molecule has 2 heterocycles. The zero-order chi connectivity index (χ0) is 18.2. The Hall–Kier alpha value is -1.63. The third kappa shape index (κ3) is 6.30. The number of carboxylic acids is 1. The van der Waals surface area contributed by atoms with E-state index in [2.05, 4.69) is 0 Å². The average Bonchev–Trinajstić information content (AvgIpc) is 2.84. The molecule has 0 radical (unpaired) electrons. The lowest BCUT2D eigenvalue weighted by Gasteiger charge is -2.29. The van der Waals surface area contributed by atoms with Crippen molar-refractivity contribution in [2.45, 2.75) is 70.4 Å². The first-order chi connectivity index (χ1) is 12.0. The average molecular weight is 354 g/mol. The molecule has 0 aromatic heterocycles. The number of hydrogen-bond acceptors (Lipinski definition) is 4. The van der Waals surface area contributed by atoms with Crippen LogP contribution in [0.4, 0.5) is 0 Å². The number of amides is 2. The molecule has 2 aliphatic heterocycles. The first-order valence-electron chi connectivity index (χ1n) is 9.35. The zero-order valence-corrected chi connectivity index (χ0v) is 15.1. The molecule has 0 unspecified atom stereocenters. The molecule has 2 saturated heterocycles. The molecule has 25 heavy (non-hydrogen) atoms. The molecule has 0 aromatic rings. The molecule has 7 nitrogen and oxygen atoms in total. The molecular formula is C18H30N2O5. The summed E-state index contributed by atoms with van der Waals surface area (Å²) in [6.45, 7) is 3.20. The molecule has 0 aromatic carbocycles. The smallest absolute Gasteiger partial charge is 0.323 e. The van der Waals surface area contributed by atoms with Gasteiger partial charge in [0.1, 0.15) is 6.54 Å². The fourth-order valence-electron chi connectivity index (χ4n) is 3.76. The van der Waals surface area contributed by atoms with Gasteiger partial charge in [-0.1, -0.05) is 0 Å². The predicted molar refractivity (Wildman–Crippen MR) is 92.1 cm³/mol. The summed E-state index contributed by atoms with van der Waals surface area (Å²) < 4.78 is 5.68. The van der Waals surface area contributed by atoms with Crippen LogP contribution in [0.25, 0.3) is 0 Å². The van der Waals surface area contributed by atoms with Gasteiger partial charge in [0.2, 0.25) is 11.8 Å². The van der Waals surface area contributed by atoms with Crippen molar-refractivity contribution in [3.63, 3.8) is 0 Å². The molecule has 1 N–H and O–H groups in total. The molecular weight excluding hydrogens is 324 g/mol. The summed E-state index contributed by atoms with van der Waals surface area (Å²) in [7, 11) is 0. The summed E-state index contributed by atoms with van der Waals surface area (Å²) >= 11 is 0. The largest absolute Gasteiger partial charge is 0.480 e. The first kappa shape index (κ1) is 19.7. The van der Waals surface area contributed by atoms with Crippen molar-refractivity contribution in [2.24, 2.45) is 0 Å². The van der Waals surface area contributed by atoms with Crippen LogP contribution in [-0.2, 0) is 19.1 Å². The van der Waals surface area contributed by atoms with E-state index in [0.29, 0.717) is 25.9 Å². The number of carbonyl (C=O) groups excluding carboxylic acids is 2. The van der Waals surface area contributed by atoms with Crippen LogP contribution in [0.3, 0.4) is 0 Å². The Morgan fingerprint density at radius 1 is 1.12 bits per heavy atom. The summed E-state index contributed by atoms with van der Waals surface area (Å²) in [5, 5.41) is 9.00. The van der Waals surface area contributed by atoms with Crippen LogP contribution in [-0.4, -0.2) is 71.1 Å². The minimum absolute atomic E-state index is 0.104. The van der Waals surface area contributed by atoms with Crippen LogP contribution in [0.1, 0.15) is 58.3 Å². The number of carbonyl (C=O) groups is 3. The second-order valence-electron chi connectivity index (χ2n) is 7.03. The lowest BCUT2D eigenvalue weighted by molar-refractivity contribution is -0.145. The molecule has 0 bridgehead atoms. The van der Waals surface area contributed by atoms with E-state index in [-0.39, 0.29) is 30.5 Å². The normalized spacial score (nSPS) is 24.4. The Labute approximate surface area is 149 Å². The number of carboxylic acid groups (broad SMARTS) is 1. The molecule has 7 heteroatoms. The van der Waals surface area contributed by atoms with Crippen LogP contribution in [0.2, 0.25) is 0 Å². The highest BCUT2D eigenvalue weighted by Crippen LogP contribution is 2.20. The number of rotatable bonds is 6. The Bertz CT molecular complexity index is 476. The van der Waals surface area contributed by atoms with Crippen LogP contribution < -0.4 is 0 Å². The van der Waals surface area contributed by atoms with Crippen molar-refractivity contribution in [3.05, 3.63) is 0 Å². The van der Waals surface area contributed by atoms with Crippen LogP contribution in [0, 0.1) is 0 Å². The molecule has 0 spiro atoms. The molecule has 2 rings (SSSR count). The standard InChI is InChI=1S/C18H30N2O5/c1-14(21)20(13-18(23)24)15-5-4-10-19(11-9-15)17(22)8-7-16-6-2-3-12-25-16/h15-16H,2-13H2,1H3,(H,23,24)/t15-,16+/m0/s1. The van der Waals surface area contributed by atoms with E-state index in [9.17, 15) is 14.4 Å². The van der Waals surface area contributed by atoms with E-state index < -0.39 is 5.97 Å². The molecule has 2 atom stereocenters. The zero-order valence-electron chi connectivity index (χ0n) is 15.1. The van der Waals surface area contributed by atoms with Gasteiger partial charge in [-0.25, -0.2) is 0 Å². The number of nitrogens with zero attached hydrogens (tertiary/aromatic N) is 2. The summed E-state index contributed by atoms with van der Waals surface area (Å²) in [6, 6.07) is -0.104. The summed E-state index contributed by atoms with van der Waals surface area (Å²) in [5.41, 5.74) is 0. The number of ether oxygens (including phenoxy) is 1. The number of hydrogen-bond donors (Lipinski definition) is 1. The number of likely N-dealkylation sites (tertiary alicyclic amines) is 1. The monoisotopic (exact) mass is 354 g/mol. The third-order valence-electron chi connectivity index (χ3n) is 5.16. The van der Waals surface area contributed by atoms with Crippen molar-refractivity contribution in [1.29, 1.82) is 0 Å². The van der Waals surface area contributed by atoms with Gasteiger partial charge >= 0.3 is 5.97 Å². The van der Waals surface area contributed by atoms with E-state index in [1.165, 1.54) is 18.2 Å². The van der Waals surface area contributed by atoms with E-state index in [1.807, 2.05) is 4.90 Å². The van der Waals surface area contributed by atoms with Crippen molar-refractivity contribution in [2.75, 3.05) is 26.2 Å². The minimum Gasteiger partial charge on any atom is -0.480 e. The summed E-state index contributed by atoms with van der Waals surface area (Å²) in [5.74, 6) is -1.08. The van der Waals surface area contributed by atoms with E-state index in [0.717, 1.165) is 38.7 Å². The summed E-state index contributed by atoms with van der Waals surface area (Å²) in [6.07, 6.45) is 6.98.